The second-order valence-electron chi connectivity index (χ2n) is 8.10. The van der Waals surface area contributed by atoms with E-state index in [9.17, 15) is 4.79 Å². The van der Waals surface area contributed by atoms with Crippen molar-refractivity contribution in [3.8, 4) is 0 Å². The van der Waals surface area contributed by atoms with Crippen molar-refractivity contribution < 1.29 is 4.79 Å². The maximum absolute atomic E-state index is 13.5. The van der Waals surface area contributed by atoms with Crippen molar-refractivity contribution in [2.24, 2.45) is 0 Å². The van der Waals surface area contributed by atoms with Crippen LogP contribution < -0.4 is 10.6 Å². The number of rotatable bonds is 2. The molecule has 1 aliphatic heterocycles. The highest BCUT2D eigenvalue weighted by Gasteiger charge is 2.36. The van der Waals surface area contributed by atoms with Gasteiger partial charge in [0.05, 0.1) is 17.4 Å². The largest absolute Gasteiger partial charge is 0.372 e. The number of nitrogens with one attached hydrogen (secondary N) is 2. The molecule has 3 nitrogen and oxygen atoms in total. The molecule has 2 aliphatic rings. The van der Waals surface area contributed by atoms with E-state index in [0.29, 0.717) is 11.4 Å². The number of anilines is 2. The number of hydrogen-bond acceptors (Lipinski definition) is 3. The van der Waals surface area contributed by atoms with Gasteiger partial charge in [0.1, 0.15) is 0 Å². The second-order valence-corrected chi connectivity index (χ2v) is 8.51. The predicted octanol–water partition coefficient (Wildman–Crippen LogP) is 6.63. The maximum atomic E-state index is 13.5. The van der Waals surface area contributed by atoms with Crippen LogP contribution in [0.3, 0.4) is 0 Å². The van der Waals surface area contributed by atoms with Gasteiger partial charge in [0.15, 0.2) is 5.78 Å². The molecule has 5 rings (SSSR count). The molecule has 0 bridgehead atoms. The standard InChI is InChI=1S/C26H23ClN2O/c1-16-11-12-21-22(13-16)29-26(19-9-5-6-10-20(19)27)25-23(28-21)14-18(15-24(25)30)17-7-3-2-4-8-17/h2-13,18,26,28-29H,14-15H2,1H3/t18-,26-/m0/s1. The molecule has 150 valence electrons. The minimum atomic E-state index is -0.284. The van der Waals surface area contributed by atoms with Gasteiger partial charge in [-0.3, -0.25) is 4.79 Å². The van der Waals surface area contributed by atoms with Gasteiger partial charge in [-0.1, -0.05) is 66.2 Å². The molecule has 0 aromatic heterocycles. The van der Waals surface area contributed by atoms with E-state index in [1.807, 2.05) is 42.5 Å². The fourth-order valence-electron chi connectivity index (χ4n) is 4.56. The number of ketones is 1. The predicted molar refractivity (Wildman–Crippen MR) is 123 cm³/mol. The van der Waals surface area contributed by atoms with Crippen molar-refractivity contribution in [1.82, 2.24) is 0 Å². The Bertz CT molecular complexity index is 1150. The number of halogens is 1. The second kappa shape index (κ2) is 7.66. The SMILES string of the molecule is Cc1ccc2c(c1)N[C@@H](c1ccccc1Cl)C1=C(C[C@H](c3ccccc3)CC1=O)N2. The first kappa shape index (κ1) is 19.0. The molecule has 30 heavy (non-hydrogen) atoms. The highest BCUT2D eigenvalue weighted by Crippen LogP contribution is 2.45. The van der Waals surface area contributed by atoms with Crippen molar-refractivity contribution in [1.29, 1.82) is 0 Å². The molecule has 1 aliphatic carbocycles. The zero-order valence-corrected chi connectivity index (χ0v) is 17.5. The Morgan fingerprint density at radius 1 is 0.900 bits per heavy atom. The van der Waals surface area contributed by atoms with Crippen LogP contribution in [0, 0.1) is 6.92 Å². The molecule has 0 amide bonds. The minimum Gasteiger partial charge on any atom is -0.372 e. The maximum Gasteiger partial charge on any atom is 0.163 e. The van der Waals surface area contributed by atoms with E-state index >= 15 is 0 Å². The van der Waals surface area contributed by atoms with E-state index in [1.165, 1.54) is 5.56 Å². The number of allylic oxidation sites excluding steroid dienone is 1. The normalized spacial score (nSPS) is 20.5. The summed E-state index contributed by atoms with van der Waals surface area (Å²) in [5, 5.41) is 7.87. The molecule has 2 N–H and O–H groups in total. The summed E-state index contributed by atoms with van der Waals surface area (Å²) in [5.74, 6) is 0.336. The molecule has 4 heteroatoms. The summed E-state index contributed by atoms with van der Waals surface area (Å²) in [5.41, 5.74) is 7.05. The average molecular weight is 415 g/mol. The Morgan fingerprint density at radius 2 is 1.67 bits per heavy atom. The van der Waals surface area contributed by atoms with E-state index in [4.69, 9.17) is 11.6 Å². The van der Waals surface area contributed by atoms with Gasteiger partial charge in [-0.2, -0.15) is 0 Å². The van der Waals surface area contributed by atoms with Crippen LogP contribution in [0.5, 0.6) is 0 Å². The third kappa shape index (κ3) is 3.40. The first-order chi connectivity index (χ1) is 14.6. The first-order valence-corrected chi connectivity index (χ1v) is 10.7. The number of aryl methyl sites for hydroxylation is 1. The topological polar surface area (TPSA) is 41.1 Å². The van der Waals surface area contributed by atoms with Gasteiger partial charge in [0.25, 0.3) is 0 Å². The summed E-state index contributed by atoms with van der Waals surface area (Å²) in [6, 6.07) is 24.1. The van der Waals surface area contributed by atoms with Gasteiger partial charge in [0.2, 0.25) is 0 Å². The van der Waals surface area contributed by atoms with Crippen molar-refractivity contribution in [2.75, 3.05) is 10.6 Å². The number of Topliss-reactive ketones (excluding diaryl/α,β-unsaturated/α-hetero) is 1. The van der Waals surface area contributed by atoms with Gasteiger partial charge in [-0.15, -0.1) is 0 Å². The van der Waals surface area contributed by atoms with Crippen LogP contribution >= 0.6 is 11.6 Å². The quantitative estimate of drug-likeness (QED) is 0.494. The summed E-state index contributed by atoms with van der Waals surface area (Å²) in [4.78, 5) is 13.5. The van der Waals surface area contributed by atoms with Gasteiger partial charge in [-0.25, -0.2) is 0 Å². The molecule has 0 radical (unpaired) electrons. The monoisotopic (exact) mass is 414 g/mol. The Morgan fingerprint density at radius 3 is 2.47 bits per heavy atom. The fraction of sp³-hybridized carbons (Fsp3) is 0.192. The summed E-state index contributed by atoms with van der Waals surface area (Å²) in [7, 11) is 0. The van der Waals surface area contributed by atoms with Crippen molar-refractivity contribution in [3.05, 3.63) is 106 Å². The van der Waals surface area contributed by atoms with Crippen LogP contribution in [-0.4, -0.2) is 5.78 Å². The van der Waals surface area contributed by atoms with Crippen LogP contribution in [0.1, 0.15) is 41.5 Å². The van der Waals surface area contributed by atoms with Crippen LogP contribution in [-0.2, 0) is 4.79 Å². The number of fused-ring (bicyclic) bond motifs is 1. The van der Waals surface area contributed by atoms with Crippen LogP contribution in [0.4, 0.5) is 11.4 Å². The number of carbonyl (C=O) groups is 1. The van der Waals surface area contributed by atoms with Gasteiger partial charge >= 0.3 is 0 Å². The van der Waals surface area contributed by atoms with Crippen molar-refractivity contribution in [2.45, 2.75) is 31.7 Å². The minimum absolute atomic E-state index is 0.166. The van der Waals surface area contributed by atoms with E-state index in [0.717, 1.165) is 40.2 Å². The first-order valence-electron chi connectivity index (χ1n) is 10.3. The summed E-state index contributed by atoms with van der Waals surface area (Å²) < 4.78 is 0. The lowest BCUT2D eigenvalue weighted by atomic mass is 9.78. The van der Waals surface area contributed by atoms with E-state index in [1.54, 1.807) is 0 Å². The molecule has 2 atom stereocenters. The fourth-order valence-corrected chi connectivity index (χ4v) is 4.81. The Kier molecular flexibility index (Phi) is 4.84. The van der Waals surface area contributed by atoms with Crippen LogP contribution in [0.15, 0.2) is 84.1 Å². The molecule has 0 unspecified atom stereocenters. The van der Waals surface area contributed by atoms with Gasteiger partial charge in [0, 0.05) is 22.7 Å². The lowest BCUT2D eigenvalue weighted by molar-refractivity contribution is -0.116. The lowest BCUT2D eigenvalue weighted by Gasteiger charge is -2.30. The molecule has 0 fully saturated rings. The molecular weight excluding hydrogens is 392 g/mol. The van der Waals surface area contributed by atoms with Crippen molar-refractivity contribution >= 4 is 28.8 Å². The third-order valence-corrected chi connectivity index (χ3v) is 6.39. The Hall–Kier alpha value is -3.04. The van der Waals surface area contributed by atoms with E-state index < -0.39 is 0 Å². The Balaban J connectivity index is 1.65. The summed E-state index contributed by atoms with van der Waals surface area (Å²) in [6.07, 6.45) is 1.30. The lowest BCUT2D eigenvalue weighted by Crippen LogP contribution is -2.27. The molecule has 0 spiro atoms. The van der Waals surface area contributed by atoms with Gasteiger partial charge in [-0.05, 0) is 54.2 Å². The average Bonchev–Trinajstić information content (AvgIpc) is 2.91. The molecular formula is C26H23ClN2O. The molecule has 3 aromatic carbocycles. The highest BCUT2D eigenvalue weighted by atomic mass is 35.5. The van der Waals surface area contributed by atoms with Crippen LogP contribution in [0.2, 0.25) is 5.02 Å². The van der Waals surface area contributed by atoms with Gasteiger partial charge < -0.3 is 10.6 Å². The number of benzene rings is 3. The third-order valence-electron chi connectivity index (χ3n) is 6.04. The van der Waals surface area contributed by atoms with E-state index in [-0.39, 0.29) is 17.7 Å². The van der Waals surface area contributed by atoms with Crippen molar-refractivity contribution in [3.63, 3.8) is 0 Å². The summed E-state index contributed by atoms with van der Waals surface area (Å²) >= 11 is 6.58. The summed E-state index contributed by atoms with van der Waals surface area (Å²) in [6.45, 7) is 2.07. The molecule has 0 saturated heterocycles. The highest BCUT2D eigenvalue weighted by molar-refractivity contribution is 6.31. The zero-order valence-electron chi connectivity index (χ0n) is 16.8. The molecule has 3 aromatic rings. The Labute approximate surface area is 181 Å². The smallest absolute Gasteiger partial charge is 0.163 e. The molecule has 1 heterocycles. The number of hydrogen-bond donors (Lipinski definition) is 2. The molecule has 0 saturated carbocycles. The van der Waals surface area contributed by atoms with Crippen LogP contribution in [0.25, 0.3) is 0 Å². The number of carbonyl (C=O) groups excluding carboxylic acids is 1. The zero-order chi connectivity index (χ0) is 20.7. The van der Waals surface area contributed by atoms with E-state index in [2.05, 4.69) is 47.9 Å².